The molecule has 1 saturated heterocycles. The van der Waals surface area contributed by atoms with Crippen LogP contribution in [-0.4, -0.2) is 35.3 Å². The van der Waals surface area contributed by atoms with E-state index in [2.05, 4.69) is 5.32 Å². The molecule has 0 saturated carbocycles. The second-order valence-corrected chi connectivity index (χ2v) is 6.62. The van der Waals surface area contributed by atoms with Gasteiger partial charge in [-0.3, -0.25) is 4.79 Å². The van der Waals surface area contributed by atoms with Crippen molar-refractivity contribution in [1.29, 1.82) is 0 Å². The molecule has 11 heteroatoms. The van der Waals surface area contributed by atoms with Gasteiger partial charge in [-0.05, 0) is 29.8 Å². The quantitative estimate of drug-likeness (QED) is 0.560. The number of aromatic hydroxyl groups is 1. The van der Waals surface area contributed by atoms with E-state index in [1.807, 2.05) is 5.32 Å². The molecule has 1 aliphatic rings. The molecule has 160 valence electrons. The smallest absolute Gasteiger partial charge is 0.450 e. The summed E-state index contributed by atoms with van der Waals surface area (Å²) in [7, 11) is 1.20. The minimum absolute atomic E-state index is 0.0392. The number of hydrogen-bond acceptors (Lipinski definition) is 5. The van der Waals surface area contributed by atoms with Gasteiger partial charge < -0.3 is 25.6 Å². The van der Waals surface area contributed by atoms with Crippen molar-refractivity contribution in [2.75, 3.05) is 7.11 Å². The van der Waals surface area contributed by atoms with Crippen LogP contribution in [-0.2, 0) is 10.5 Å². The van der Waals surface area contributed by atoms with Gasteiger partial charge in [0.2, 0.25) is 5.78 Å². The lowest BCUT2D eigenvalue weighted by Crippen LogP contribution is -2.66. The number of carbonyl (C=O) groups excluding carboxylic acids is 2. The van der Waals surface area contributed by atoms with E-state index in [9.17, 15) is 37.4 Å². The number of Topliss-reactive ketones (excluding diaryl/α,β-unsaturated/α-hetero) is 1. The summed E-state index contributed by atoms with van der Waals surface area (Å²) in [6.45, 7) is 0. The monoisotopic (exact) mass is 428 g/mol. The highest BCUT2D eigenvalue weighted by Gasteiger charge is 2.59. The fourth-order valence-corrected chi connectivity index (χ4v) is 3.39. The molecule has 3 unspecified atom stereocenters. The molecule has 2 aromatic rings. The number of amides is 2. The van der Waals surface area contributed by atoms with Crippen LogP contribution < -0.4 is 15.4 Å². The summed E-state index contributed by atoms with van der Waals surface area (Å²) >= 11 is 0. The van der Waals surface area contributed by atoms with Crippen molar-refractivity contribution in [1.82, 2.24) is 10.6 Å². The number of urea groups is 1. The minimum Gasteiger partial charge on any atom is -0.504 e. The molecule has 2 amide bonds. The minimum atomic E-state index is -5.36. The molecule has 0 aliphatic carbocycles. The van der Waals surface area contributed by atoms with E-state index in [1.54, 1.807) is 0 Å². The van der Waals surface area contributed by atoms with Crippen molar-refractivity contribution in [2.45, 2.75) is 17.9 Å². The number of nitrogens with one attached hydrogen (secondary N) is 2. The zero-order chi connectivity index (χ0) is 22.3. The Morgan fingerprint density at radius 1 is 1.17 bits per heavy atom. The number of phenolic OH excluding ortho intramolecular Hbond substituents is 1. The van der Waals surface area contributed by atoms with Gasteiger partial charge in [0.05, 0.1) is 13.2 Å². The number of methoxy groups -OCH3 is 1. The van der Waals surface area contributed by atoms with E-state index >= 15 is 0 Å². The van der Waals surface area contributed by atoms with E-state index in [-0.39, 0.29) is 22.6 Å². The van der Waals surface area contributed by atoms with Gasteiger partial charge in [0, 0.05) is 5.56 Å². The number of benzene rings is 2. The zero-order valence-corrected chi connectivity index (χ0v) is 15.3. The second kappa shape index (κ2) is 7.48. The lowest BCUT2D eigenvalue weighted by Gasteiger charge is -2.45. The third-order valence-electron chi connectivity index (χ3n) is 4.78. The van der Waals surface area contributed by atoms with Crippen LogP contribution in [0.15, 0.2) is 42.5 Å². The summed E-state index contributed by atoms with van der Waals surface area (Å²) in [6, 6.07) is 4.36. The highest BCUT2D eigenvalue weighted by molar-refractivity contribution is 5.91. The van der Waals surface area contributed by atoms with Crippen LogP contribution in [0.25, 0.3) is 0 Å². The van der Waals surface area contributed by atoms with E-state index in [4.69, 9.17) is 4.74 Å². The van der Waals surface area contributed by atoms with E-state index in [0.29, 0.717) is 0 Å². The standard InChI is InChI=1S/C19H16F4N2O5/c1-30-13-8-9(2-7-12(13)26)15-14(16(27)19(21,22)23)18(29,25-17(28)24-15)10-3-5-11(20)6-4-10/h2-8,14-15,26,29H,1H3,(H2,24,25,28). The molecule has 0 bridgehead atoms. The Morgan fingerprint density at radius 2 is 1.80 bits per heavy atom. The van der Waals surface area contributed by atoms with Gasteiger partial charge in [0.25, 0.3) is 0 Å². The maximum absolute atomic E-state index is 13.4. The summed E-state index contributed by atoms with van der Waals surface area (Å²) in [5, 5.41) is 25.0. The van der Waals surface area contributed by atoms with Gasteiger partial charge in [-0.2, -0.15) is 13.2 Å². The van der Waals surface area contributed by atoms with Crippen LogP contribution in [0, 0.1) is 11.7 Å². The summed E-state index contributed by atoms with van der Waals surface area (Å²) < 4.78 is 58.5. The predicted octanol–water partition coefficient (Wildman–Crippen LogP) is 2.49. The molecule has 30 heavy (non-hydrogen) atoms. The van der Waals surface area contributed by atoms with E-state index in [1.165, 1.54) is 13.2 Å². The Balaban J connectivity index is 2.20. The number of carbonyl (C=O) groups is 2. The number of ketones is 1. The normalized spacial score (nSPS) is 24.0. The number of aliphatic hydroxyl groups is 1. The van der Waals surface area contributed by atoms with Gasteiger partial charge in [-0.25, -0.2) is 9.18 Å². The summed E-state index contributed by atoms with van der Waals surface area (Å²) in [5.74, 6) is -5.78. The number of halogens is 4. The molecule has 1 heterocycles. The van der Waals surface area contributed by atoms with Gasteiger partial charge in [0.1, 0.15) is 11.7 Å². The number of ether oxygens (including phenoxy) is 1. The Bertz CT molecular complexity index is 980. The van der Waals surface area contributed by atoms with Crippen molar-refractivity contribution in [3.05, 3.63) is 59.4 Å². The molecule has 0 spiro atoms. The van der Waals surface area contributed by atoms with Crippen molar-refractivity contribution in [3.8, 4) is 11.5 Å². The first-order valence-electron chi connectivity index (χ1n) is 8.52. The van der Waals surface area contributed by atoms with Crippen LogP contribution in [0.1, 0.15) is 17.2 Å². The third-order valence-corrected chi connectivity index (χ3v) is 4.78. The highest BCUT2D eigenvalue weighted by Crippen LogP contribution is 2.44. The predicted molar refractivity (Wildman–Crippen MR) is 93.9 cm³/mol. The van der Waals surface area contributed by atoms with E-state index < -0.39 is 41.5 Å². The molecular weight excluding hydrogens is 412 g/mol. The Labute approximate surface area is 167 Å². The first kappa shape index (κ1) is 21.4. The fourth-order valence-electron chi connectivity index (χ4n) is 3.39. The first-order chi connectivity index (χ1) is 14.0. The maximum atomic E-state index is 13.4. The summed E-state index contributed by atoms with van der Waals surface area (Å²) in [5.41, 5.74) is -3.17. The van der Waals surface area contributed by atoms with Crippen LogP contribution in [0.3, 0.4) is 0 Å². The van der Waals surface area contributed by atoms with Crippen LogP contribution in [0.2, 0.25) is 0 Å². The summed E-state index contributed by atoms with van der Waals surface area (Å²) in [6.07, 6.45) is -5.36. The lowest BCUT2D eigenvalue weighted by atomic mass is 9.76. The molecule has 7 nitrogen and oxygen atoms in total. The largest absolute Gasteiger partial charge is 0.504 e. The third kappa shape index (κ3) is 3.75. The second-order valence-electron chi connectivity index (χ2n) is 6.62. The molecule has 0 radical (unpaired) electrons. The van der Waals surface area contributed by atoms with Crippen LogP contribution in [0.4, 0.5) is 22.4 Å². The van der Waals surface area contributed by atoms with Gasteiger partial charge >= 0.3 is 12.2 Å². The lowest BCUT2D eigenvalue weighted by molar-refractivity contribution is -0.190. The Morgan fingerprint density at radius 3 is 2.37 bits per heavy atom. The highest BCUT2D eigenvalue weighted by atomic mass is 19.4. The summed E-state index contributed by atoms with van der Waals surface area (Å²) in [4.78, 5) is 24.6. The molecule has 1 fully saturated rings. The number of phenols is 1. The first-order valence-corrected chi connectivity index (χ1v) is 8.52. The fraction of sp³-hybridized carbons (Fsp3) is 0.263. The molecule has 2 aromatic carbocycles. The molecule has 3 atom stereocenters. The molecule has 4 N–H and O–H groups in total. The van der Waals surface area contributed by atoms with Gasteiger partial charge in [0.15, 0.2) is 17.2 Å². The average Bonchev–Trinajstić information content (AvgIpc) is 2.67. The average molecular weight is 428 g/mol. The van der Waals surface area contributed by atoms with Gasteiger partial charge in [-0.15, -0.1) is 0 Å². The van der Waals surface area contributed by atoms with Crippen molar-refractivity contribution in [2.24, 2.45) is 5.92 Å². The van der Waals surface area contributed by atoms with Crippen LogP contribution >= 0.6 is 0 Å². The van der Waals surface area contributed by atoms with Crippen molar-refractivity contribution >= 4 is 11.8 Å². The number of rotatable bonds is 4. The molecule has 0 aromatic heterocycles. The topological polar surface area (TPSA) is 108 Å². The Kier molecular flexibility index (Phi) is 5.33. The molecule has 3 rings (SSSR count). The number of alkyl halides is 3. The Hall–Kier alpha value is -3.34. The molecule has 1 aliphatic heterocycles. The van der Waals surface area contributed by atoms with Gasteiger partial charge in [-0.1, -0.05) is 18.2 Å². The van der Waals surface area contributed by atoms with E-state index in [0.717, 1.165) is 36.4 Å². The van der Waals surface area contributed by atoms with Crippen molar-refractivity contribution in [3.63, 3.8) is 0 Å². The SMILES string of the molecule is COc1cc(C2NC(=O)NC(O)(c3ccc(F)cc3)C2C(=O)C(F)(F)F)ccc1O. The molecular formula is C19H16F4N2O5. The number of hydrogen-bond donors (Lipinski definition) is 4. The zero-order valence-electron chi connectivity index (χ0n) is 15.3. The van der Waals surface area contributed by atoms with Crippen molar-refractivity contribution < 1.29 is 42.1 Å². The van der Waals surface area contributed by atoms with Crippen LogP contribution in [0.5, 0.6) is 11.5 Å². The maximum Gasteiger partial charge on any atom is 0.450 e.